The van der Waals surface area contributed by atoms with Crippen LogP contribution in [0.3, 0.4) is 0 Å². The smallest absolute Gasteiger partial charge is 0.262 e. The summed E-state index contributed by atoms with van der Waals surface area (Å²) in [4.78, 5) is 12.1. The molecule has 5 nitrogen and oxygen atoms in total. The number of halogens is 2. The number of amides is 1. The summed E-state index contributed by atoms with van der Waals surface area (Å²) < 4.78 is 11.5. The first kappa shape index (κ1) is 17.7. The van der Waals surface area contributed by atoms with Crippen molar-refractivity contribution in [2.75, 3.05) is 17.7 Å². The van der Waals surface area contributed by atoms with Crippen LogP contribution in [0.2, 0.25) is 10.0 Å². The Morgan fingerprint density at radius 3 is 2.68 bits per heavy atom. The molecule has 0 saturated carbocycles. The van der Waals surface area contributed by atoms with Gasteiger partial charge in [-0.05, 0) is 32.0 Å². The molecular formula is C18H18Cl2N2O3. The third-order valence-electron chi connectivity index (χ3n) is 3.78. The predicted molar refractivity (Wildman–Crippen MR) is 99.9 cm³/mol. The Labute approximate surface area is 156 Å². The number of carbonyl (C=O) groups is 1. The summed E-state index contributed by atoms with van der Waals surface area (Å²) in [6, 6.07) is 8.73. The first-order chi connectivity index (χ1) is 11.7. The molecule has 0 aliphatic carbocycles. The molecule has 0 fully saturated rings. The zero-order valence-electron chi connectivity index (χ0n) is 13.9. The van der Waals surface area contributed by atoms with Crippen molar-refractivity contribution in [2.24, 2.45) is 0 Å². The predicted octanol–water partition coefficient (Wildman–Crippen LogP) is 4.31. The molecule has 2 aromatic rings. The van der Waals surface area contributed by atoms with Crippen molar-refractivity contribution in [3.05, 3.63) is 45.9 Å². The van der Waals surface area contributed by atoms with Crippen molar-refractivity contribution in [3.63, 3.8) is 0 Å². The van der Waals surface area contributed by atoms with Crippen molar-refractivity contribution >= 4 is 40.5 Å². The number of carbonyl (C=O) groups excluding carboxylic acids is 1. The van der Waals surface area contributed by atoms with Gasteiger partial charge in [0.1, 0.15) is 5.60 Å². The second kappa shape index (κ2) is 6.65. The SMILES string of the molecule is CC1(C)Cc2cccc(OCC(=O)Nc3cc(Cl)c(N)c(Cl)c3)c2O1. The first-order valence-corrected chi connectivity index (χ1v) is 8.49. The molecule has 1 amide bonds. The van der Waals surface area contributed by atoms with Crippen LogP contribution in [0.25, 0.3) is 0 Å². The Morgan fingerprint density at radius 2 is 2.00 bits per heavy atom. The van der Waals surface area contributed by atoms with Gasteiger partial charge in [0.15, 0.2) is 18.1 Å². The van der Waals surface area contributed by atoms with Crippen LogP contribution in [0.1, 0.15) is 19.4 Å². The standard InChI is InChI=1S/C18H18Cl2N2O3/c1-18(2)8-10-4-3-5-14(17(10)25-18)24-9-15(23)22-11-6-12(19)16(21)13(20)7-11/h3-7H,8-9,21H2,1-2H3,(H,22,23). The maximum Gasteiger partial charge on any atom is 0.262 e. The minimum Gasteiger partial charge on any atom is -0.483 e. The van der Waals surface area contributed by atoms with Gasteiger partial charge in [-0.1, -0.05) is 35.3 Å². The fourth-order valence-electron chi connectivity index (χ4n) is 2.70. The van der Waals surface area contributed by atoms with Crippen LogP contribution in [-0.4, -0.2) is 18.1 Å². The van der Waals surface area contributed by atoms with E-state index in [9.17, 15) is 4.79 Å². The van der Waals surface area contributed by atoms with Crippen molar-refractivity contribution in [2.45, 2.75) is 25.9 Å². The van der Waals surface area contributed by atoms with Gasteiger partial charge in [-0.25, -0.2) is 0 Å². The molecule has 1 aliphatic rings. The molecule has 132 valence electrons. The van der Waals surface area contributed by atoms with Gasteiger partial charge >= 0.3 is 0 Å². The van der Waals surface area contributed by atoms with Crippen LogP contribution in [-0.2, 0) is 11.2 Å². The molecule has 0 radical (unpaired) electrons. The number of nitrogen functional groups attached to an aromatic ring is 1. The number of benzene rings is 2. The van der Waals surface area contributed by atoms with E-state index in [1.165, 1.54) is 12.1 Å². The molecule has 0 bridgehead atoms. The molecule has 3 N–H and O–H groups in total. The average Bonchev–Trinajstić information content (AvgIpc) is 2.84. The summed E-state index contributed by atoms with van der Waals surface area (Å²) in [7, 11) is 0. The fourth-order valence-corrected chi connectivity index (χ4v) is 3.18. The van der Waals surface area contributed by atoms with E-state index < -0.39 is 0 Å². The highest BCUT2D eigenvalue weighted by atomic mass is 35.5. The van der Waals surface area contributed by atoms with Crippen molar-refractivity contribution in [1.82, 2.24) is 0 Å². The Kier molecular flexibility index (Phi) is 4.71. The fraction of sp³-hybridized carbons (Fsp3) is 0.278. The lowest BCUT2D eigenvalue weighted by molar-refractivity contribution is -0.118. The molecule has 25 heavy (non-hydrogen) atoms. The molecule has 2 aromatic carbocycles. The van der Waals surface area contributed by atoms with Gasteiger partial charge in [0.05, 0.1) is 15.7 Å². The molecule has 7 heteroatoms. The highest BCUT2D eigenvalue weighted by Gasteiger charge is 2.32. The van der Waals surface area contributed by atoms with Crippen LogP contribution in [0.5, 0.6) is 11.5 Å². The van der Waals surface area contributed by atoms with E-state index in [0.29, 0.717) is 17.2 Å². The Balaban J connectivity index is 1.66. The van der Waals surface area contributed by atoms with Crippen molar-refractivity contribution in [3.8, 4) is 11.5 Å². The maximum absolute atomic E-state index is 12.1. The van der Waals surface area contributed by atoms with E-state index in [-0.39, 0.29) is 33.8 Å². The molecule has 0 spiro atoms. The van der Waals surface area contributed by atoms with Crippen LogP contribution in [0.4, 0.5) is 11.4 Å². The number of ether oxygens (including phenoxy) is 2. The zero-order valence-corrected chi connectivity index (χ0v) is 15.4. The number of hydrogen-bond donors (Lipinski definition) is 2. The third-order valence-corrected chi connectivity index (χ3v) is 4.40. The number of para-hydroxylation sites is 1. The van der Waals surface area contributed by atoms with Gasteiger partial charge in [0, 0.05) is 17.7 Å². The van der Waals surface area contributed by atoms with Crippen LogP contribution in [0, 0.1) is 0 Å². The molecule has 0 saturated heterocycles. The van der Waals surface area contributed by atoms with E-state index in [2.05, 4.69) is 5.32 Å². The summed E-state index contributed by atoms with van der Waals surface area (Å²) in [5.41, 5.74) is 7.20. The molecule has 0 unspecified atom stereocenters. The Hall–Kier alpha value is -2.11. The van der Waals surface area contributed by atoms with Gasteiger partial charge in [-0.2, -0.15) is 0 Å². The zero-order chi connectivity index (χ0) is 18.2. The molecule has 1 aliphatic heterocycles. The first-order valence-electron chi connectivity index (χ1n) is 7.73. The maximum atomic E-state index is 12.1. The largest absolute Gasteiger partial charge is 0.483 e. The van der Waals surface area contributed by atoms with Gasteiger partial charge in [0.25, 0.3) is 5.91 Å². The summed E-state index contributed by atoms with van der Waals surface area (Å²) in [6.07, 6.45) is 0.800. The highest BCUT2D eigenvalue weighted by Crippen LogP contribution is 2.41. The van der Waals surface area contributed by atoms with Crippen molar-refractivity contribution in [1.29, 1.82) is 0 Å². The number of nitrogens with two attached hydrogens (primary N) is 1. The number of fused-ring (bicyclic) bond motifs is 1. The number of anilines is 2. The van der Waals surface area contributed by atoms with Crippen LogP contribution in [0.15, 0.2) is 30.3 Å². The molecular weight excluding hydrogens is 363 g/mol. The number of hydrogen-bond acceptors (Lipinski definition) is 4. The summed E-state index contributed by atoms with van der Waals surface area (Å²) in [5.74, 6) is 0.900. The Morgan fingerprint density at radius 1 is 1.32 bits per heavy atom. The lowest BCUT2D eigenvalue weighted by Gasteiger charge is -2.18. The quantitative estimate of drug-likeness (QED) is 0.775. The van der Waals surface area contributed by atoms with Crippen molar-refractivity contribution < 1.29 is 14.3 Å². The van der Waals surface area contributed by atoms with E-state index in [1.807, 2.05) is 26.0 Å². The molecule has 0 atom stereocenters. The lowest BCUT2D eigenvalue weighted by Crippen LogP contribution is -2.25. The third kappa shape index (κ3) is 3.94. The molecule has 3 rings (SSSR count). The second-order valence-corrected chi connectivity index (χ2v) is 7.29. The number of nitrogens with one attached hydrogen (secondary N) is 1. The van der Waals surface area contributed by atoms with E-state index >= 15 is 0 Å². The molecule has 1 heterocycles. The van der Waals surface area contributed by atoms with Gasteiger partial charge in [0.2, 0.25) is 0 Å². The van der Waals surface area contributed by atoms with E-state index in [4.69, 9.17) is 38.4 Å². The normalized spacial score (nSPS) is 14.6. The second-order valence-electron chi connectivity index (χ2n) is 6.47. The lowest BCUT2D eigenvalue weighted by atomic mass is 10.0. The van der Waals surface area contributed by atoms with Crippen LogP contribution >= 0.6 is 23.2 Å². The highest BCUT2D eigenvalue weighted by molar-refractivity contribution is 6.39. The molecule has 0 aromatic heterocycles. The van der Waals surface area contributed by atoms with Gasteiger partial charge in [-0.15, -0.1) is 0 Å². The van der Waals surface area contributed by atoms with Crippen LogP contribution < -0.4 is 20.5 Å². The van der Waals surface area contributed by atoms with Gasteiger partial charge in [-0.3, -0.25) is 4.79 Å². The Bertz CT molecular complexity index is 814. The van der Waals surface area contributed by atoms with Gasteiger partial charge < -0.3 is 20.5 Å². The minimum absolute atomic E-state index is 0.167. The minimum atomic E-state index is -0.341. The number of rotatable bonds is 4. The average molecular weight is 381 g/mol. The van der Waals surface area contributed by atoms with E-state index in [1.54, 1.807) is 6.07 Å². The summed E-state index contributed by atoms with van der Waals surface area (Å²) in [6.45, 7) is 3.86. The topological polar surface area (TPSA) is 73.6 Å². The monoisotopic (exact) mass is 380 g/mol. The summed E-state index contributed by atoms with van der Waals surface area (Å²) >= 11 is 11.9. The summed E-state index contributed by atoms with van der Waals surface area (Å²) in [5, 5.41) is 3.23. The van der Waals surface area contributed by atoms with E-state index in [0.717, 1.165) is 12.0 Å².